The van der Waals surface area contributed by atoms with Crippen molar-refractivity contribution in [2.24, 2.45) is 0 Å². The maximum Gasteiger partial charge on any atom is 0.119 e. The Balaban J connectivity index is 1.21. The first kappa shape index (κ1) is 19.2. The molecular weight excluding hydrogens is 338 g/mol. The van der Waals surface area contributed by atoms with Crippen molar-refractivity contribution in [1.29, 1.82) is 0 Å². The number of β-amino-alcohol motifs (C(OH)–C–C–N with tert-alkyl or cyclic N) is 1. The van der Waals surface area contributed by atoms with E-state index in [-0.39, 0.29) is 0 Å². The van der Waals surface area contributed by atoms with Crippen LogP contribution in [0.5, 0.6) is 5.75 Å². The topological polar surface area (TPSA) is 39.2 Å². The molecule has 0 amide bonds. The number of piperidine rings is 1. The predicted octanol–water partition coefficient (Wildman–Crippen LogP) is 2.19. The van der Waals surface area contributed by atoms with Gasteiger partial charge >= 0.3 is 0 Å². The number of ether oxygens (including phenoxy) is 1. The molecule has 0 radical (unpaired) electrons. The van der Waals surface area contributed by atoms with Crippen molar-refractivity contribution >= 4 is 0 Å². The lowest BCUT2D eigenvalue weighted by molar-refractivity contribution is 0.0504. The van der Waals surface area contributed by atoms with Crippen LogP contribution in [0.15, 0.2) is 24.3 Å². The minimum absolute atomic E-state index is 0.362. The molecular formula is C22H35N3O2. The van der Waals surface area contributed by atoms with Gasteiger partial charge < -0.3 is 14.7 Å². The van der Waals surface area contributed by atoms with E-state index in [0.29, 0.717) is 18.7 Å². The zero-order valence-electron chi connectivity index (χ0n) is 16.8. The van der Waals surface area contributed by atoms with E-state index in [0.717, 1.165) is 38.5 Å². The first-order valence-corrected chi connectivity index (χ1v) is 10.7. The monoisotopic (exact) mass is 373 g/mol. The Bertz CT molecular complexity index is 594. The number of benzene rings is 1. The molecule has 3 aliphatic rings. The normalized spacial score (nSPS) is 24.8. The summed E-state index contributed by atoms with van der Waals surface area (Å²) >= 11 is 0. The second-order valence-electron chi connectivity index (χ2n) is 8.82. The second kappa shape index (κ2) is 8.48. The average molecular weight is 374 g/mol. The molecule has 1 saturated carbocycles. The summed E-state index contributed by atoms with van der Waals surface area (Å²) in [6.45, 7) is 7.58. The lowest BCUT2D eigenvalue weighted by atomic mass is 9.99. The first-order valence-electron chi connectivity index (χ1n) is 10.7. The van der Waals surface area contributed by atoms with E-state index < -0.39 is 6.10 Å². The van der Waals surface area contributed by atoms with Gasteiger partial charge in [-0.3, -0.25) is 9.80 Å². The van der Waals surface area contributed by atoms with Gasteiger partial charge in [0.25, 0.3) is 0 Å². The molecule has 1 aromatic rings. The standard InChI is InChI=1S/C22H35N3O2/c1-23-12-14-24(15-13-23)17-20(26)18-27-21-6-4-19(5-7-21)16-25-11-3-2-8-22(25)9-10-22/h4-7,20,26H,2-3,8-18H2,1H3. The minimum Gasteiger partial charge on any atom is -0.491 e. The molecule has 150 valence electrons. The van der Waals surface area contributed by atoms with Crippen LogP contribution in [0, 0.1) is 0 Å². The van der Waals surface area contributed by atoms with Crippen molar-refractivity contribution < 1.29 is 9.84 Å². The first-order chi connectivity index (χ1) is 13.1. The van der Waals surface area contributed by atoms with Crippen LogP contribution in [0.25, 0.3) is 0 Å². The number of hydrogen-bond donors (Lipinski definition) is 1. The summed E-state index contributed by atoms with van der Waals surface area (Å²) in [6, 6.07) is 8.49. The fourth-order valence-electron chi connectivity index (χ4n) is 4.59. The smallest absolute Gasteiger partial charge is 0.119 e. The van der Waals surface area contributed by atoms with Gasteiger partial charge in [0.15, 0.2) is 0 Å². The SMILES string of the molecule is CN1CCN(CC(O)COc2ccc(CN3CCCCC34CC4)cc2)CC1. The summed E-state index contributed by atoms with van der Waals surface area (Å²) in [4.78, 5) is 7.35. The predicted molar refractivity (Wildman–Crippen MR) is 108 cm³/mol. The maximum atomic E-state index is 10.3. The highest BCUT2D eigenvalue weighted by Gasteiger charge is 2.48. The number of aliphatic hydroxyl groups is 1. The average Bonchev–Trinajstić information content (AvgIpc) is 3.45. The Hall–Kier alpha value is -1.14. The van der Waals surface area contributed by atoms with E-state index in [1.54, 1.807) is 0 Å². The quantitative estimate of drug-likeness (QED) is 0.793. The zero-order valence-corrected chi connectivity index (χ0v) is 16.8. The number of nitrogens with zero attached hydrogens (tertiary/aromatic N) is 3. The Morgan fingerprint density at radius 1 is 1.00 bits per heavy atom. The highest BCUT2D eigenvalue weighted by molar-refractivity contribution is 5.27. The molecule has 1 unspecified atom stereocenters. The van der Waals surface area contributed by atoms with Gasteiger partial charge in [-0.25, -0.2) is 0 Å². The van der Waals surface area contributed by atoms with Crippen molar-refractivity contribution in [2.45, 2.75) is 50.3 Å². The Morgan fingerprint density at radius 3 is 2.44 bits per heavy atom. The Kier molecular flexibility index (Phi) is 6.02. The van der Waals surface area contributed by atoms with E-state index in [1.807, 2.05) is 0 Å². The Labute approximate surface area is 163 Å². The van der Waals surface area contributed by atoms with Crippen molar-refractivity contribution in [2.75, 3.05) is 52.9 Å². The van der Waals surface area contributed by atoms with Crippen LogP contribution in [-0.2, 0) is 6.54 Å². The number of likely N-dealkylation sites (N-methyl/N-ethyl adjacent to an activating group) is 1. The molecule has 1 spiro atoms. The minimum atomic E-state index is -0.434. The number of aliphatic hydroxyl groups excluding tert-OH is 1. The van der Waals surface area contributed by atoms with E-state index in [4.69, 9.17) is 4.74 Å². The van der Waals surface area contributed by atoms with Crippen LogP contribution in [0.1, 0.15) is 37.7 Å². The fraction of sp³-hybridized carbons (Fsp3) is 0.727. The largest absolute Gasteiger partial charge is 0.491 e. The lowest BCUT2D eigenvalue weighted by Crippen LogP contribution is -2.47. The molecule has 3 fully saturated rings. The van der Waals surface area contributed by atoms with Crippen LogP contribution >= 0.6 is 0 Å². The van der Waals surface area contributed by atoms with Gasteiger partial charge in [0.2, 0.25) is 0 Å². The third-order valence-electron chi connectivity index (χ3n) is 6.62. The van der Waals surface area contributed by atoms with E-state index >= 15 is 0 Å². The molecule has 0 bridgehead atoms. The summed E-state index contributed by atoms with van der Waals surface area (Å²) in [5, 5.41) is 10.3. The van der Waals surface area contributed by atoms with Gasteiger partial charge in [-0.1, -0.05) is 18.6 Å². The summed E-state index contributed by atoms with van der Waals surface area (Å²) in [5.41, 5.74) is 1.91. The Morgan fingerprint density at radius 2 is 1.74 bits per heavy atom. The molecule has 2 aliphatic heterocycles. The van der Waals surface area contributed by atoms with Crippen LogP contribution in [0.4, 0.5) is 0 Å². The summed E-state index contributed by atoms with van der Waals surface area (Å²) in [7, 11) is 2.15. The van der Waals surface area contributed by atoms with Gasteiger partial charge in [0.1, 0.15) is 18.5 Å². The third-order valence-corrected chi connectivity index (χ3v) is 6.62. The van der Waals surface area contributed by atoms with Crippen LogP contribution in [0.3, 0.4) is 0 Å². The number of likely N-dealkylation sites (tertiary alicyclic amines) is 1. The fourth-order valence-corrected chi connectivity index (χ4v) is 4.59. The van der Waals surface area contributed by atoms with Crippen molar-refractivity contribution in [1.82, 2.24) is 14.7 Å². The zero-order chi connectivity index (χ0) is 18.7. The molecule has 1 N–H and O–H groups in total. The summed E-state index contributed by atoms with van der Waals surface area (Å²) in [5.74, 6) is 0.857. The van der Waals surface area contributed by atoms with Crippen molar-refractivity contribution in [3.05, 3.63) is 29.8 Å². The molecule has 27 heavy (non-hydrogen) atoms. The molecule has 5 heteroatoms. The molecule has 1 atom stereocenters. The van der Waals surface area contributed by atoms with E-state index in [2.05, 4.69) is 46.0 Å². The summed E-state index contributed by atoms with van der Waals surface area (Å²) in [6.07, 6.45) is 6.47. The van der Waals surface area contributed by atoms with Gasteiger partial charge in [0.05, 0.1) is 0 Å². The highest BCUT2D eigenvalue weighted by Crippen LogP contribution is 2.48. The molecule has 2 heterocycles. The molecule has 1 aromatic carbocycles. The van der Waals surface area contributed by atoms with Crippen molar-refractivity contribution in [3.8, 4) is 5.75 Å². The van der Waals surface area contributed by atoms with Gasteiger partial charge in [0, 0.05) is 44.8 Å². The van der Waals surface area contributed by atoms with Crippen LogP contribution < -0.4 is 4.74 Å². The highest BCUT2D eigenvalue weighted by atomic mass is 16.5. The molecule has 2 saturated heterocycles. The number of rotatable bonds is 7. The van der Waals surface area contributed by atoms with Crippen LogP contribution in [0.2, 0.25) is 0 Å². The van der Waals surface area contributed by atoms with Gasteiger partial charge in [-0.15, -0.1) is 0 Å². The second-order valence-corrected chi connectivity index (χ2v) is 8.82. The molecule has 5 nitrogen and oxygen atoms in total. The number of hydrogen-bond acceptors (Lipinski definition) is 5. The van der Waals surface area contributed by atoms with E-state index in [9.17, 15) is 5.11 Å². The molecule has 4 rings (SSSR count). The summed E-state index contributed by atoms with van der Waals surface area (Å²) < 4.78 is 5.83. The maximum absolute atomic E-state index is 10.3. The number of piperazine rings is 1. The van der Waals surface area contributed by atoms with Gasteiger partial charge in [-0.2, -0.15) is 0 Å². The molecule has 0 aromatic heterocycles. The van der Waals surface area contributed by atoms with Gasteiger partial charge in [-0.05, 0) is 57.0 Å². The lowest BCUT2D eigenvalue weighted by Gasteiger charge is -2.36. The third kappa shape index (κ3) is 5.02. The van der Waals surface area contributed by atoms with E-state index in [1.165, 1.54) is 44.2 Å². The van der Waals surface area contributed by atoms with Crippen molar-refractivity contribution in [3.63, 3.8) is 0 Å². The molecule has 1 aliphatic carbocycles. The van der Waals surface area contributed by atoms with Crippen LogP contribution in [-0.4, -0.2) is 84.4 Å².